The Hall–Kier alpha value is -3.49. The molecule has 2 N–H and O–H groups in total. The van der Waals surface area contributed by atoms with Crippen molar-refractivity contribution in [3.05, 3.63) is 76.4 Å². The number of nitrogens with one attached hydrogen (secondary N) is 2. The second-order valence-electron chi connectivity index (χ2n) is 7.82. The third-order valence-electron chi connectivity index (χ3n) is 5.49. The van der Waals surface area contributed by atoms with E-state index in [2.05, 4.69) is 20.5 Å². The molecule has 1 aliphatic rings. The maximum absolute atomic E-state index is 12.8. The van der Waals surface area contributed by atoms with E-state index < -0.39 is 0 Å². The van der Waals surface area contributed by atoms with Crippen LogP contribution in [0.1, 0.15) is 17.3 Å². The van der Waals surface area contributed by atoms with Crippen LogP contribution < -0.4 is 20.3 Å². The minimum atomic E-state index is -0.389. The lowest BCUT2D eigenvalue weighted by molar-refractivity contribution is 0.0746. The molecule has 1 fully saturated rings. The van der Waals surface area contributed by atoms with Gasteiger partial charge in [0, 0.05) is 31.2 Å². The molecular weight excluding hydrogens is 489 g/mol. The van der Waals surface area contributed by atoms with Crippen LogP contribution in [0.2, 0.25) is 10.0 Å². The predicted octanol–water partition coefficient (Wildman–Crippen LogP) is 5.39. The average Bonchev–Trinajstić information content (AvgIpc) is 2.86. The molecule has 1 aliphatic heterocycles. The molecule has 182 valence electrons. The fourth-order valence-corrected chi connectivity index (χ4v) is 4.24. The number of nitrogens with zero attached hydrogens (tertiary/aromatic N) is 3. The van der Waals surface area contributed by atoms with E-state index in [-0.39, 0.29) is 11.9 Å². The summed E-state index contributed by atoms with van der Waals surface area (Å²) in [5.74, 6) is 1.26. The molecule has 1 saturated heterocycles. The number of rotatable bonds is 6. The fraction of sp³-hybridized carbons (Fsp3) is 0.240. The van der Waals surface area contributed by atoms with Crippen LogP contribution in [-0.2, 0) is 0 Å². The van der Waals surface area contributed by atoms with Gasteiger partial charge in [-0.05, 0) is 49.4 Å². The zero-order valence-corrected chi connectivity index (χ0v) is 20.6. The van der Waals surface area contributed by atoms with Gasteiger partial charge in [-0.15, -0.1) is 0 Å². The molecule has 3 aromatic rings. The summed E-state index contributed by atoms with van der Waals surface area (Å²) in [6.45, 7) is 4.74. The lowest BCUT2D eigenvalue weighted by Gasteiger charge is -2.35. The van der Waals surface area contributed by atoms with E-state index in [1.807, 2.05) is 25.1 Å². The van der Waals surface area contributed by atoms with Crippen LogP contribution in [0.4, 0.5) is 22.0 Å². The van der Waals surface area contributed by atoms with E-state index in [1.165, 1.54) is 0 Å². The highest BCUT2D eigenvalue weighted by molar-refractivity contribution is 6.36. The first-order chi connectivity index (χ1) is 16.9. The molecule has 0 radical (unpaired) electrons. The third kappa shape index (κ3) is 6.15. The lowest BCUT2D eigenvalue weighted by Crippen LogP contribution is -2.49. The van der Waals surface area contributed by atoms with Crippen molar-refractivity contribution in [3.8, 4) is 5.75 Å². The number of ether oxygens (including phenoxy) is 1. The van der Waals surface area contributed by atoms with Gasteiger partial charge in [-0.3, -0.25) is 4.79 Å². The second-order valence-corrected chi connectivity index (χ2v) is 8.66. The highest BCUT2D eigenvalue weighted by Crippen LogP contribution is 2.25. The molecule has 0 spiro atoms. The van der Waals surface area contributed by atoms with Crippen LogP contribution in [0.25, 0.3) is 0 Å². The number of pyridine rings is 1. The maximum atomic E-state index is 12.8. The number of anilines is 3. The number of urea groups is 1. The molecule has 3 amide bonds. The van der Waals surface area contributed by atoms with Gasteiger partial charge in [0.25, 0.3) is 5.91 Å². The number of hydrogen-bond donors (Lipinski definition) is 2. The van der Waals surface area contributed by atoms with Crippen molar-refractivity contribution in [2.75, 3.05) is 48.3 Å². The van der Waals surface area contributed by atoms with Gasteiger partial charge in [0.15, 0.2) is 0 Å². The molecule has 4 rings (SSSR count). The Morgan fingerprint density at radius 1 is 1.00 bits per heavy atom. The van der Waals surface area contributed by atoms with E-state index in [0.29, 0.717) is 65.5 Å². The normalized spacial score (nSPS) is 13.3. The maximum Gasteiger partial charge on any atom is 0.323 e. The summed E-state index contributed by atoms with van der Waals surface area (Å²) in [5.41, 5.74) is 1.59. The Morgan fingerprint density at radius 3 is 2.46 bits per heavy atom. The number of carbonyl (C=O) groups excluding carboxylic acids is 2. The van der Waals surface area contributed by atoms with Gasteiger partial charge in [-0.1, -0.05) is 35.3 Å². The van der Waals surface area contributed by atoms with Crippen molar-refractivity contribution in [1.29, 1.82) is 0 Å². The highest BCUT2D eigenvalue weighted by Gasteiger charge is 2.24. The van der Waals surface area contributed by atoms with E-state index in [0.717, 1.165) is 5.82 Å². The number of hydrogen-bond acceptors (Lipinski definition) is 5. The first-order valence-electron chi connectivity index (χ1n) is 11.2. The quantitative estimate of drug-likeness (QED) is 0.461. The van der Waals surface area contributed by atoms with Crippen LogP contribution >= 0.6 is 23.2 Å². The van der Waals surface area contributed by atoms with Crippen LogP contribution in [0, 0.1) is 0 Å². The van der Waals surface area contributed by atoms with E-state index in [9.17, 15) is 9.59 Å². The Labute approximate surface area is 213 Å². The summed E-state index contributed by atoms with van der Waals surface area (Å²) >= 11 is 12.1. The van der Waals surface area contributed by atoms with Crippen molar-refractivity contribution in [2.45, 2.75) is 6.92 Å². The molecule has 1 aromatic heterocycles. The third-order valence-corrected chi connectivity index (χ3v) is 6.04. The van der Waals surface area contributed by atoms with Crippen molar-refractivity contribution in [3.63, 3.8) is 0 Å². The Bertz CT molecular complexity index is 1200. The molecule has 0 aliphatic carbocycles. The number of amides is 3. The summed E-state index contributed by atoms with van der Waals surface area (Å²) in [7, 11) is 0. The van der Waals surface area contributed by atoms with Crippen molar-refractivity contribution < 1.29 is 14.3 Å². The molecule has 0 unspecified atom stereocenters. The molecule has 35 heavy (non-hydrogen) atoms. The number of benzene rings is 2. The van der Waals surface area contributed by atoms with Crippen LogP contribution in [0.15, 0.2) is 60.8 Å². The van der Waals surface area contributed by atoms with Gasteiger partial charge in [0.05, 0.1) is 34.8 Å². The summed E-state index contributed by atoms with van der Waals surface area (Å²) in [4.78, 5) is 33.6. The topological polar surface area (TPSA) is 86.8 Å². The van der Waals surface area contributed by atoms with E-state index in [4.69, 9.17) is 27.9 Å². The number of carbonyl (C=O) groups is 2. The zero-order valence-electron chi connectivity index (χ0n) is 19.1. The van der Waals surface area contributed by atoms with E-state index >= 15 is 0 Å². The monoisotopic (exact) mass is 513 g/mol. The summed E-state index contributed by atoms with van der Waals surface area (Å²) < 4.78 is 5.53. The largest absolute Gasteiger partial charge is 0.492 e. The summed E-state index contributed by atoms with van der Waals surface area (Å²) in [6.07, 6.45) is 1.61. The van der Waals surface area contributed by atoms with Crippen molar-refractivity contribution >= 4 is 52.3 Å². The van der Waals surface area contributed by atoms with Gasteiger partial charge in [0.1, 0.15) is 11.6 Å². The second kappa shape index (κ2) is 11.3. The molecule has 0 atom stereocenters. The van der Waals surface area contributed by atoms with Crippen molar-refractivity contribution in [1.82, 2.24) is 9.88 Å². The SMILES string of the molecule is CCOc1ccccc1NC(=O)Nc1ccc(N2CCN(C(=O)c3ccc(Cl)cc3Cl)CC2)nc1. The van der Waals surface area contributed by atoms with Crippen molar-refractivity contribution in [2.24, 2.45) is 0 Å². The molecule has 10 heteroatoms. The molecule has 0 saturated carbocycles. The zero-order chi connectivity index (χ0) is 24.8. The predicted molar refractivity (Wildman–Crippen MR) is 139 cm³/mol. The summed E-state index contributed by atoms with van der Waals surface area (Å²) in [5, 5.41) is 6.41. The van der Waals surface area contributed by atoms with Crippen LogP contribution in [0.3, 0.4) is 0 Å². The van der Waals surface area contributed by atoms with Gasteiger partial charge in [-0.25, -0.2) is 9.78 Å². The standard InChI is InChI=1S/C25H25Cl2N5O3/c1-2-35-22-6-4-3-5-21(22)30-25(34)29-18-8-10-23(28-16-18)31-11-13-32(14-12-31)24(33)19-9-7-17(26)15-20(19)27/h3-10,15-16H,2,11-14H2,1H3,(H2,29,30,34). The lowest BCUT2D eigenvalue weighted by atomic mass is 10.1. The van der Waals surface area contributed by atoms with Gasteiger partial charge >= 0.3 is 6.03 Å². The molecule has 0 bridgehead atoms. The Morgan fingerprint density at radius 2 is 1.77 bits per heavy atom. The first-order valence-corrected chi connectivity index (χ1v) is 12.0. The highest BCUT2D eigenvalue weighted by atomic mass is 35.5. The smallest absolute Gasteiger partial charge is 0.323 e. The Balaban J connectivity index is 1.31. The average molecular weight is 514 g/mol. The molecular formula is C25H25Cl2N5O3. The summed E-state index contributed by atoms with van der Waals surface area (Å²) in [6, 6.07) is 15.4. The van der Waals surface area contributed by atoms with Crippen LogP contribution in [0.5, 0.6) is 5.75 Å². The number of piperazine rings is 1. The minimum Gasteiger partial charge on any atom is -0.492 e. The Kier molecular flexibility index (Phi) is 7.94. The molecule has 2 heterocycles. The number of halogens is 2. The minimum absolute atomic E-state index is 0.115. The molecule has 8 nitrogen and oxygen atoms in total. The van der Waals surface area contributed by atoms with Gasteiger partial charge in [-0.2, -0.15) is 0 Å². The molecule has 2 aromatic carbocycles. The van der Waals surface area contributed by atoms with Crippen LogP contribution in [-0.4, -0.2) is 54.6 Å². The first kappa shape index (κ1) is 24.6. The number of para-hydroxylation sites is 2. The number of aromatic nitrogens is 1. The fourth-order valence-electron chi connectivity index (χ4n) is 3.75. The van der Waals surface area contributed by atoms with Gasteiger partial charge < -0.3 is 25.2 Å². The van der Waals surface area contributed by atoms with Gasteiger partial charge in [0.2, 0.25) is 0 Å². The van der Waals surface area contributed by atoms with E-state index in [1.54, 1.807) is 47.5 Å².